The number of ether oxygens (including phenoxy) is 1. The van der Waals surface area contributed by atoms with Crippen LogP contribution in [0.2, 0.25) is 0 Å². The Morgan fingerprint density at radius 1 is 1.12 bits per heavy atom. The molecular weight excluding hydrogens is 446 g/mol. The first-order valence-corrected chi connectivity index (χ1v) is 12.9. The molecule has 0 bridgehead atoms. The second kappa shape index (κ2) is 7.57. The van der Waals surface area contributed by atoms with Gasteiger partial charge in [0.2, 0.25) is 0 Å². The monoisotopic (exact) mass is 477 g/mol. The Morgan fingerprint density at radius 3 is 2.53 bits per heavy atom. The minimum atomic E-state index is -0.444. The minimum Gasteiger partial charge on any atom is -0.444 e. The number of carbonyl (C=O) groups excluding carboxylic acids is 1. The molecule has 1 aliphatic carbocycles. The van der Waals surface area contributed by atoms with Gasteiger partial charge in [-0.25, -0.2) is 9.78 Å². The number of imidazole rings is 1. The Morgan fingerprint density at radius 2 is 1.85 bits per heavy atom. The van der Waals surface area contributed by atoms with Gasteiger partial charge in [0.1, 0.15) is 5.60 Å². The number of rotatable bonds is 2. The first kappa shape index (κ1) is 21.6. The number of hydrogen-bond donors (Lipinski definition) is 0. The Kier molecular flexibility index (Phi) is 4.82. The van der Waals surface area contributed by atoms with E-state index in [4.69, 9.17) is 9.72 Å². The molecule has 3 aromatic heterocycles. The van der Waals surface area contributed by atoms with E-state index in [0.717, 1.165) is 36.4 Å². The summed E-state index contributed by atoms with van der Waals surface area (Å²) in [7, 11) is 1.96. The van der Waals surface area contributed by atoms with Crippen molar-refractivity contribution in [3.8, 4) is 10.4 Å². The highest BCUT2D eigenvalue weighted by Gasteiger charge is 2.44. The molecule has 0 unspecified atom stereocenters. The first-order chi connectivity index (χ1) is 16.1. The fourth-order valence-corrected chi connectivity index (χ4v) is 6.69. The van der Waals surface area contributed by atoms with E-state index in [9.17, 15) is 4.79 Å². The molecule has 1 amide bonds. The van der Waals surface area contributed by atoms with Crippen LogP contribution in [0.4, 0.5) is 4.79 Å². The number of carbonyl (C=O) groups is 1. The number of hydrogen-bond acceptors (Lipinski definition) is 5. The highest BCUT2D eigenvalue weighted by Crippen LogP contribution is 2.46. The molecule has 2 aliphatic rings. The summed E-state index contributed by atoms with van der Waals surface area (Å²) in [6.07, 6.45) is 8.50. The Bertz CT molecular complexity index is 1360. The molecule has 1 aromatic carbocycles. The third kappa shape index (κ3) is 3.78. The van der Waals surface area contributed by atoms with E-state index >= 15 is 0 Å². The summed E-state index contributed by atoms with van der Waals surface area (Å²) in [5.74, 6) is 1.56. The summed E-state index contributed by atoms with van der Waals surface area (Å²) in [5, 5.41) is 5.73. The molecule has 1 aliphatic heterocycles. The van der Waals surface area contributed by atoms with Gasteiger partial charge < -0.3 is 9.64 Å². The standard InChI is InChI=1S/C26H31N5O2S/c1-15-6-17(9-20-10-29(5)28-23(15)20)22-14-30-13-21(27-24(30)34-22)16-7-18-11-31(12-19(18)8-16)25(32)33-26(2,3)4/h6,9-10,13-14,16,18-19H,7-8,11-12H2,1-5H3/t18-,19-/m0/s1. The van der Waals surface area contributed by atoms with Crippen molar-refractivity contribution in [2.24, 2.45) is 18.9 Å². The van der Waals surface area contributed by atoms with Gasteiger partial charge in [0, 0.05) is 50.0 Å². The number of likely N-dealkylation sites (tertiary alicyclic amines) is 1. The van der Waals surface area contributed by atoms with E-state index in [1.165, 1.54) is 27.1 Å². The number of aryl methyl sites for hydroxylation is 2. The van der Waals surface area contributed by atoms with E-state index in [-0.39, 0.29) is 6.09 Å². The van der Waals surface area contributed by atoms with Crippen LogP contribution in [0.5, 0.6) is 0 Å². The molecule has 178 valence electrons. The Labute approximate surface area is 203 Å². The lowest BCUT2D eigenvalue weighted by Gasteiger charge is -2.25. The zero-order valence-electron chi connectivity index (χ0n) is 20.4. The van der Waals surface area contributed by atoms with Crippen molar-refractivity contribution < 1.29 is 9.53 Å². The SMILES string of the molecule is Cc1cc(-c2cn3cc(C4C[C@H]5CN(C(=O)OC(C)(C)C)C[C@@H]5C4)nc3s2)cc2cn(C)nc12. The topological polar surface area (TPSA) is 64.7 Å². The van der Waals surface area contributed by atoms with Crippen molar-refractivity contribution in [2.75, 3.05) is 13.1 Å². The second-order valence-electron chi connectivity index (χ2n) is 11.1. The number of thiazole rings is 1. The molecule has 4 heterocycles. The summed E-state index contributed by atoms with van der Waals surface area (Å²) in [5.41, 5.74) is 4.22. The number of aromatic nitrogens is 4. The van der Waals surface area contributed by atoms with Gasteiger partial charge in [-0.15, -0.1) is 0 Å². The fourth-order valence-electron chi connectivity index (χ4n) is 5.73. The van der Waals surface area contributed by atoms with Gasteiger partial charge in [-0.05, 0) is 75.6 Å². The third-order valence-corrected chi connectivity index (χ3v) is 8.24. The number of amides is 1. The Balaban J connectivity index is 1.17. The van der Waals surface area contributed by atoms with Gasteiger partial charge in [-0.2, -0.15) is 5.10 Å². The number of fused-ring (bicyclic) bond motifs is 3. The maximum Gasteiger partial charge on any atom is 0.410 e. The summed E-state index contributed by atoms with van der Waals surface area (Å²) in [6, 6.07) is 4.44. The van der Waals surface area contributed by atoms with Crippen LogP contribution in [0.25, 0.3) is 26.3 Å². The molecule has 4 aromatic rings. The normalized spacial score (nSPS) is 21.1. The zero-order chi connectivity index (χ0) is 23.8. The fraction of sp³-hybridized carbons (Fsp3) is 0.500. The quantitative estimate of drug-likeness (QED) is 0.376. The van der Waals surface area contributed by atoms with Crippen LogP contribution < -0.4 is 0 Å². The van der Waals surface area contributed by atoms with E-state index in [1.807, 2.05) is 37.4 Å². The molecule has 6 rings (SSSR count). The van der Waals surface area contributed by atoms with Gasteiger partial charge in [-0.1, -0.05) is 11.3 Å². The summed E-state index contributed by atoms with van der Waals surface area (Å²) < 4.78 is 9.63. The predicted octanol–water partition coefficient (Wildman–Crippen LogP) is 5.62. The smallest absolute Gasteiger partial charge is 0.410 e. The van der Waals surface area contributed by atoms with Crippen molar-refractivity contribution in [3.05, 3.63) is 42.0 Å². The molecule has 7 nitrogen and oxygen atoms in total. The van der Waals surface area contributed by atoms with Crippen LogP contribution in [-0.2, 0) is 11.8 Å². The maximum atomic E-state index is 12.5. The van der Waals surface area contributed by atoms with Crippen LogP contribution in [-0.4, -0.2) is 48.8 Å². The molecule has 34 heavy (non-hydrogen) atoms. The molecule has 2 atom stereocenters. The lowest BCUT2D eigenvalue weighted by molar-refractivity contribution is 0.0279. The molecule has 8 heteroatoms. The first-order valence-electron chi connectivity index (χ1n) is 12.0. The Hall–Kier alpha value is -2.87. The van der Waals surface area contributed by atoms with Gasteiger partial charge in [0.25, 0.3) is 0 Å². The van der Waals surface area contributed by atoms with Crippen molar-refractivity contribution in [1.29, 1.82) is 0 Å². The van der Waals surface area contributed by atoms with E-state index < -0.39 is 5.60 Å². The lowest BCUT2D eigenvalue weighted by atomic mass is 10.0. The largest absolute Gasteiger partial charge is 0.444 e. The molecule has 0 radical (unpaired) electrons. The van der Waals surface area contributed by atoms with Crippen molar-refractivity contribution >= 4 is 33.3 Å². The van der Waals surface area contributed by atoms with Gasteiger partial charge in [-0.3, -0.25) is 9.08 Å². The van der Waals surface area contributed by atoms with Gasteiger partial charge >= 0.3 is 6.09 Å². The molecule has 0 N–H and O–H groups in total. The summed E-state index contributed by atoms with van der Waals surface area (Å²) in [6.45, 7) is 9.50. The van der Waals surface area contributed by atoms with Crippen LogP contribution in [0, 0.1) is 18.8 Å². The van der Waals surface area contributed by atoms with Gasteiger partial charge in [0.05, 0.1) is 16.1 Å². The molecule has 0 spiro atoms. The predicted molar refractivity (Wildman–Crippen MR) is 134 cm³/mol. The van der Waals surface area contributed by atoms with Crippen LogP contribution in [0.1, 0.15) is 50.8 Å². The van der Waals surface area contributed by atoms with Crippen molar-refractivity contribution in [2.45, 2.75) is 52.1 Å². The molecule has 1 saturated heterocycles. The van der Waals surface area contributed by atoms with E-state index in [1.54, 1.807) is 11.3 Å². The molecule has 2 fully saturated rings. The highest BCUT2D eigenvalue weighted by atomic mass is 32.1. The van der Waals surface area contributed by atoms with Crippen molar-refractivity contribution in [3.63, 3.8) is 0 Å². The average Bonchev–Trinajstić information content (AvgIpc) is 3.49. The number of nitrogens with zero attached hydrogens (tertiary/aromatic N) is 5. The van der Waals surface area contributed by atoms with Gasteiger partial charge in [0.15, 0.2) is 4.96 Å². The molecule has 1 saturated carbocycles. The van der Waals surface area contributed by atoms with Crippen LogP contribution >= 0.6 is 11.3 Å². The highest BCUT2D eigenvalue weighted by molar-refractivity contribution is 7.20. The van der Waals surface area contributed by atoms with Crippen molar-refractivity contribution in [1.82, 2.24) is 24.1 Å². The third-order valence-electron chi connectivity index (χ3n) is 7.19. The van der Waals surface area contributed by atoms with E-state index in [0.29, 0.717) is 17.8 Å². The second-order valence-corrected chi connectivity index (χ2v) is 12.1. The maximum absolute atomic E-state index is 12.5. The van der Waals surface area contributed by atoms with E-state index in [2.05, 4.69) is 47.1 Å². The lowest BCUT2D eigenvalue weighted by Crippen LogP contribution is -2.36. The van der Waals surface area contributed by atoms with Crippen LogP contribution in [0.3, 0.4) is 0 Å². The molecular formula is C26H31N5O2S. The zero-order valence-corrected chi connectivity index (χ0v) is 21.2. The minimum absolute atomic E-state index is 0.173. The summed E-state index contributed by atoms with van der Waals surface area (Å²) >= 11 is 1.74. The van der Waals surface area contributed by atoms with Crippen LogP contribution in [0.15, 0.2) is 30.7 Å². The summed E-state index contributed by atoms with van der Waals surface area (Å²) in [4.78, 5) is 21.6. The average molecular weight is 478 g/mol. The number of benzene rings is 1.